The SMILES string of the molecule is CC(O)CCc1cc2ccccc2[nH]1. The summed E-state index contributed by atoms with van der Waals surface area (Å²) in [5, 5.41) is 10.4. The van der Waals surface area contributed by atoms with Crippen LogP contribution in [0.25, 0.3) is 10.9 Å². The second-order valence-corrected chi connectivity index (χ2v) is 3.77. The summed E-state index contributed by atoms with van der Waals surface area (Å²) >= 11 is 0. The lowest BCUT2D eigenvalue weighted by Gasteiger charge is -2.00. The monoisotopic (exact) mass is 189 g/mol. The molecule has 0 saturated carbocycles. The molecule has 0 bridgehead atoms. The average molecular weight is 189 g/mol. The number of aryl methyl sites for hydroxylation is 1. The van der Waals surface area contributed by atoms with E-state index in [-0.39, 0.29) is 6.10 Å². The summed E-state index contributed by atoms with van der Waals surface area (Å²) in [5.41, 5.74) is 2.38. The number of aliphatic hydroxyl groups excluding tert-OH is 1. The van der Waals surface area contributed by atoms with Crippen LogP contribution in [0, 0.1) is 0 Å². The Labute approximate surface area is 83.6 Å². The molecule has 1 atom stereocenters. The van der Waals surface area contributed by atoms with E-state index in [1.807, 2.05) is 19.1 Å². The van der Waals surface area contributed by atoms with Gasteiger partial charge in [-0.05, 0) is 37.3 Å². The van der Waals surface area contributed by atoms with Gasteiger partial charge in [0.2, 0.25) is 0 Å². The van der Waals surface area contributed by atoms with Crippen LogP contribution in [-0.2, 0) is 6.42 Å². The van der Waals surface area contributed by atoms with Gasteiger partial charge in [-0.15, -0.1) is 0 Å². The van der Waals surface area contributed by atoms with Crippen LogP contribution >= 0.6 is 0 Å². The normalized spacial score (nSPS) is 13.3. The van der Waals surface area contributed by atoms with Crippen molar-refractivity contribution in [3.63, 3.8) is 0 Å². The fraction of sp³-hybridized carbons (Fsp3) is 0.333. The number of hydrogen-bond donors (Lipinski definition) is 2. The molecule has 0 amide bonds. The molecule has 2 aromatic rings. The third-order valence-electron chi connectivity index (χ3n) is 2.42. The molecule has 2 nitrogen and oxygen atoms in total. The first-order chi connectivity index (χ1) is 6.75. The van der Waals surface area contributed by atoms with Crippen molar-refractivity contribution in [2.45, 2.75) is 25.9 Å². The largest absolute Gasteiger partial charge is 0.393 e. The van der Waals surface area contributed by atoms with Gasteiger partial charge in [0.25, 0.3) is 0 Å². The van der Waals surface area contributed by atoms with Gasteiger partial charge in [0.05, 0.1) is 6.10 Å². The zero-order chi connectivity index (χ0) is 9.97. The minimum absolute atomic E-state index is 0.221. The fourth-order valence-corrected chi connectivity index (χ4v) is 1.63. The zero-order valence-electron chi connectivity index (χ0n) is 8.33. The quantitative estimate of drug-likeness (QED) is 0.764. The van der Waals surface area contributed by atoms with Crippen LogP contribution in [0.2, 0.25) is 0 Å². The molecule has 1 heterocycles. The standard InChI is InChI=1S/C12H15NO/c1-9(14)6-7-11-8-10-4-2-3-5-12(10)13-11/h2-5,8-9,13-14H,6-7H2,1H3. The van der Waals surface area contributed by atoms with Crippen LogP contribution in [0.15, 0.2) is 30.3 Å². The fourth-order valence-electron chi connectivity index (χ4n) is 1.63. The molecule has 1 unspecified atom stereocenters. The molecule has 0 radical (unpaired) electrons. The van der Waals surface area contributed by atoms with Crippen molar-refractivity contribution in [3.8, 4) is 0 Å². The van der Waals surface area contributed by atoms with E-state index in [0.717, 1.165) is 12.8 Å². The molecule has 0 aliphatic heterocycles. The maximum absolute atomic E-state index is 9.17. The van der Waals surface area contributed by atoms with Crippen molar-refractivity contribution in [2.24, 2.45) is 0 Å². The molecule has 2 heteroatoms. The second-order valence-electron chi connectivity index (χ2n) is 3.77. The number of aromatic nitrogens is 1. The van der Waals surface area contributed by atoms with E-state index in [4.69, 9.17) is 0 Å². The molecular weight excluding hydrogens is 174 g/mol. The van der Waals surface area contributed by atoms with Gasteiger partial charge in [-0.3, -0.25) is 0 Å². The Hall–Kier alpha value is -1.28. The first-order valence-corrected chi connectivity index (χ1v) is 5.00. The Bertz CT molecular complexity index is 384. The summed E-state index contributed by atoms with van der Waals surface area (Å²) in [6, 6.07) is 10.4. The number of hydrogen-bond acceptors (Lipinski definition) is 1. The summed E-state index contributed by atoms with van der Waals surface area (Å²) in [4.78, 5) is 3.34. The van der Waals surface area contributed by atoms with Crippen molar-refractivity contribution in [1.29, 1.82) is 0 Å². The maximum Gasteiger partial charge on any atom is 0.0515 e. The highest BCUT2D eigenvalue weighted by Gasteiger charge is 2.01. The molecule has 0 saturated heterocycles. The van der Waals surface area contributed by atoms with Gasteiger partial charge >= 0.3 is 0 Å². The van der Waals surface area contributed by atoms with E-state index in [0.29, 0.717) is 0 Å². The van der Waals surface area contributed by atoms with Crippen LogP contribution in [0.5, 0.6) is 0 Å². The van der Waals surface area contributed by atoms with Crippen molar-refractivity contribution >= 4 is 10.9 Å². The van der Waals surface area contributed by atoms with Crippen molar-refractivity contribution in [2.75, 3.05) is 0 Å². The van der Waals surface area contributed by atoms with Crippen molar-refractivity contribution in [3.05, 3.63) is 36.0 Å². The van der Waals surface area contributed by atoms with E-state index >= 15 is 0 Å². The summed E-state index contributed by atoms with van der Waals surface area (Å²) in [6.07, 6.45) is 1.50. The van der Waals surface area contributed by atoms with Crippen molar-refractivity contribution in [1.82, 2.24) is 4.98 Å². The highest BCUT2D eigenvalue weighted by molar-refractivity contribution is 5.80. The van der Waals surface area contributed by atoms with Crippen molar-refractivity contribution < 1.29 is 5.11 Å². The molecule has 74 valence electrons. The second kappa shape index (κ2) is 3.84. The van der Waals surface area contributed by atoms with E-state index in [1.165, 1.54) is 16.6 Å². The third kappa shape index (κ3) is 1.96. The molecule has 14 heavy (non-hydrogen) atoms. The Kier molecular flexibility index (Phi) is 2.55. The number of H-pyrrole nitrogens is 1. The number of para-hydroxylation sites is 1. The molecular formula is C12H15NO. The highest BCUT2D eigenvalue weighted by atomic mass is 16.3. The topological polar surface area (TPSA) is 36.0 Å². The lowest BCUT2D eigenvalue weighted by atomic mass is 10.1. The summed E-state index contributed by atoms with van der Waals surface area (Å²) < 4.78 is 0. The zero-order valence-corrected chi connectivity index (χ0v) is 8.33. The van der Waals surface area contributed by atoms with Gasteiger partial charge in [0, 0.05) is 11.2 Å². The van der Waals surface area contributed by atoms with E-state index in [9.17, 15) is 5.11 Å². The van der Waals surface area contributed by atoms with Gasteiger partial charge in [-0.1, -0.05) is 18.2 Å². The summed E-state index contributed by atoms with van der Waals surface area (Å²) in [7, 11) is 0. The molecule has 1 aromatic carbocycles. The van der Waals surface area contributed by atoms with Gasteiger partial charge in [-0.25, -0.2) is 0 Å². The molecule has 2 rings (SSSR count). The van der Waals surface area contributed by atoms with Crippen LogP contribution < -0.4 is 0 Å². The maximum atomic E-state index is 9.17. The molecule has 1 aromatic heterocycles. The Morgan fingerprint density at radius 2 is 2.14 bits per heavy atom. The molecule has 2 N–H and O–H groups in total. The molecule has 0 spiro atoms. The first-order valence-electron chi connectivity index (χ1n) is 5.00. The minimum atomic E-state index is -0.221. The number of benzene rings is 1. The minimum Gasteiger partial charge on any atom is -0.393 e. The molecule has 0 fully saturated rings. The predicted molar refractivity (Wildman–Crippen MR) is 58.3 cm³/mol. The Morgan fingerprint density at radius 3 is 2.86 bits per heavy atom. The predicted octanol–water partition coefficient (Wildman–Crippen LogP) is 2.48. The highest BCUT2D eigenvalue weighted by Crippen LogP contribution is 2.15. The lowest BCUT2D eigenvalue weighted by molar-refractivity contribution is 0.184. The van der Waals surface area contributed by atoms with E-state index in [1.54, 1.807) is 0 Å². The van der Waals surface area contributed by atoms with Gasteiger partial charge < -0.3 is 10.1 Å². The van der Waals surface area contributed by atoms with E-state index in [2.05, 4.69) is 23.2 Å². The Balaban J connectivity index is 2.19. The van der Waals surface area contributed by atoms with E-state index < -0.39 is 0 Å². The smallest absolute Gasteiger partial charge is 0.0515 e. The van der Waals surface area contributed by atoms with Crippen LogP contribution in [-0.4, -0.2) is 16.2 Å². The lowest BCUT2D eigenvalue weighted by Crippen LogP contribution is -2.01. The molecule has 0 aliphatic carbocycles. The van der Waals surface area contributed by atoms with Gasteiger partial charge in [0.15, 0.2) is 0 Å². The molecule has 0 aliphatic rings. The number of aromatic amines is 1. The van der Waals surface area contributed by atoms with Crippen LogP contribution in [0.3, 0.4) is 0 Å². The average Bonchev–Trinajstić information content (AvgIpc) is 2.57. The Morgan fingerprint density at radius 1 is 1.36 bits per heavy atom. The van der Waals surface area contributed by atoms with Gasteiger partial charge in [0.1, 0.15) is 0 Å². The van der Waals surface area contributed by atoms with Crippen LogP contribution in [0.1, 0.15) is 19.0 Å². The number of fused-ring (bicyclic) bond motifs is 1. The van der Waals surface area contributed by atoms with Gasteiger partial charge in [-0.2, -0.15) is 0 Å². The van der Waals surface area contributed by atoms with Crippen LogP contribution in [0.4, 0.5) is 0 Å². The third-order valence-corrected chi connectivity index (χ3v) is 2.42. The summed E-state index contributed by atoms with van der Waals surface area (Å²) in [6.45, 7) is 1.82. The number of aliphatic hydroxyl groups is 1. The first kappa shape index (κ1) is 9.28. The summed E-state index contributed by atoms with van der Waals surface area (Å²) in [5.74, 6) is 0. The number of nitrogens with one attached hydrogen (secondary N) is 1. The number of rotatable bonds is 3.